The molecule has 48 heavy (non-hydrogen) atoms. The molecule has 0 N–H and O–H groups in total. The first-order chi connectivity index (χ1) is 23.8. The summed E-state index contributed by atoms with van der Waals surface area (Å²) in [4.78, 5) is 24.1. The number of aromatic nitrogens is 5. The van der Waals surface area contributed by atoms with Crippen molar-refractivity contribution in [3.8, 4) is 45.3 Å². The molecular weight excluding hydrogens is 594 g/mol. The van der Waals surface area contributed by atoms with Crippen LogP contribution in [0.1, 0.15) is 0 Å². The largest absolute Gasteiger partial charge is 0.456 e. The topological polar surface area (TPSA) is 90.7 Å². The Morgan fingerprint density at radius 3 is 1.58 bits per heavy atom. The van der Waals surface area contributed by atoms with E-state index in [4.69, 9.17) is 23.8 Å². The standard InChI is InChI=1S/C41H23N5O2/c1-2-8-24(9-3-1)39-44-40(46-41(45-39)30-13-7-15-36-38(30)32-23-43-21-19-34(32)48-36)29-17-16-27(25-10-4-5-11-26(25)29)28-12-6-14-35-37(28)31-22-42-20-18-33(31)47-35/h1-23H. The van der Waals surface area contributed by atoms with E-state index in [9.17, 15) is 0 Å². The molecular formula is C41H23N5O2. The molecule has 0 spiro atoms. The van der Waals surface area contributed by atoms with E-state index in [0.717, 1.165) is 82.5 Å². The Morgan fingerprint density at radius 1 is 0.354 bits per heavy atom. The second-order valence-corrected chi connectivity index (χ2v) is 11.7. The van der Waals surface area contributed by atoms with Gasteiger partial charge in [-0.05, 0) is 52.2 Å². The first-order valence-electron chi connectivity index (χ1n) is 15.6. The molecule has 0 radical (unpaired) electrons. The van der Waals surface area contributed by atoms with Crippen molar-refractivity contribution in [3.05, 3.63) is 140 Å². The Kier molecular flexibility index (Phi) is 5.74. The van der Waals surface area contributed by atoms with E-state index in [1.165, 1.54) is 0 Å². The van der Waals surface area contributed by atoms with Crippen LogP contribution in [0.4, 0.5) is 0 Å². The third kappa shape index (κ3) is 4.04. The van der Waals surface area contributed by atoms with Crippen LogP contribution < -0.4 is 0 Å². The molecule has 0 aliphatic rings. The minimum absolute atomic E-state index is 0.561. The van der Waals surface area contributed by atoms with Gasteiger partial charge in [-0.15, -0.1) is 0 Å². The molecule has 0 fully saturated rings. The highest BCUT2D eigenvalue weighted by Crippen LogP contribution is 2.42. The van der Waals surface area contributed by atoms with Gasteiger partial charge in [0.05, 0.1) is 0 Å². The fourth-order valence-corrected chi connectivity index (χ4v) is 6.81. The zero-order valence-corrected chi connectivity index (χ0v) is 25.3. The number of hydrogen-bond acceptors (Lipinski definition) is 7. The summed E-state index contributed by atoms with van der Waals surface area (Å²) < 4.78 is 12.4. The SMILES string of the molecule is c1ccc(-c2nc(-c3ccc(-c4cccc5oc6ccncc6c45)c4ccccc34)nc(-c3cccc4oc5ccncc5c34)n2)cc1. The summed E-state index contributed by atoms with van der Waals surface area (Å²) in [5.41, 5.74) is 8.00. The molecule has 5 aromatic carbocycles. The van der Waals surface area contributed by atoms with Gasteiger partial charge in [0.2, 0.25) is 0 Å². The number of nitrogens with zero attached hydrogens (tertiary/aromatic N) is 5. The highest BCUT2D eigenvalue weighted by molar-refractivity contribution is 6.16. The maximum absolute atomic E-state index is 6.20. The molecule has 0 bridgehead atoms. The predicted octanol–water partition coefficient (Wildman–Crippen LogP) is 10.3. The van der Waals surface area contributed by atoms with Crippen molar-refractivity contribution < 1.29 is 8.83 Å². The monoisotopic (exact) mass is 617 g/mol. The zero-order valence-electron chi connectivity index (χ0n) is 25.3. The summed E-state index contributed by atoms with van der Waals surface area (Å²) in [6, 6.07) is 38.6. The van der Waals surface area contributed by atoms with Gasteiger partial charge in [0.15, 0.2) is 17.5 Å². The maximum atomic E-state index is 6.20. The van der Waals surface area contributed by atoms with Gasteiger partial charge in [-0.25, -0.2) is 15.0 Å². The number of benzene rings is 5. The van der Waals surface area contributed by atoms with E-state index < -0.39 is 0 Å². The van der Waals surface area contributed by atoms with Crippen molar-refractivity contribution in [2.75, 3.05) is 0 Å². The highest BCUT2D eigenvalue weighted by Gasteiger charge is 2.20. The Hall–Kier alpha value is -6.73. The maximum Gasteiger partial charge on any atom is 0.164 e. The van der Waals surface area contributed by atoms with E-state index in [-0.39, 0.29) is 0 Å². The quantitative estimate of drug-likeness (QED) is 0.194. The normalized spacial score (nSPS) is 11.8. The van der Waals surface area contributed by atoms with Crippen molar-refractivity contribution in [1.82, 2.24) is 24.9 Å². The van der Waals surface area contributed by atoms with Crippen LogP contribution in [0.3, 0.4) is 0 Å². The Morgan fingerprint density at radius 2 is 0.896 bits per heavy atom. The van der Waals surface area contributed by atoms with Crippen LogP contribution in [0.25, 0.3) is 99.9 Å². The van der Waals surface area contributed by atoms with Gasteiger partial charge in [-0.1, -0.05) is 84.9 Å². The minimum Gasteiger partial charge on any atom is -0.456 e. The number of fused-ring (bicyclic) bond motifs is 7. The van der Waals surface area contributed by atoms with Crippen molar-refractivity contribution >= 4 is 54.6 Å². The van der Waals surface area contributed by atoms with Crippen molar-refractivity contribution in [2.45, 2.75) is 0 Å². The summed E-state index contributed by atoms with van der Waals surface area (Å²) in [6.07, 6.45) is 7.20. The number of rotatable bonds is 4. The van der Waals surface area contributed by atoms with Gasteiger partial charge in [0, 0.05) is 63.0 Å². The molecule has 0 saturated heterocycles. The highest BCUT2D eigenvalue weighted by atomic mass is 16.3. The summed E-state index contributed by atoms with van der Waals surface area (Å²) in [5, 5.41) is 5.98. The van der Waals surface area contributed by atoms with Gasteiger partial charge in [-0.3, -0.25) is 9.97 Å². The number of pyridine rings is 2. The number of hydrogen-bond donors (Lipinski definition) is 0. The van der Waals surface area contributed by atoms with Crippen LogP contribution in [0.5, 0.6) is 0 Å². The van der Waals surface area contributed by atoms with E-state index in [2.05, 4.69) is 52.4 Å². The molecule has 0 saturated carbocycles. The molecule has 0 aliphatic heterocycles. The third-order valence-electron chi connectivity index (χ3n) is 8.96. The van der Waals surface area contributed by atoms with Gasteiger partial charge in [-0.2, -0.15) is 0 Å². The zero-order chi connectivity index (χ0) is 31.6. The summed E-state index contributed by atoms with van der Waals surface area (Å²) in [5.74, 6) is 1.74. The Balaban J connectivity index is 1.23. The fourth-order valence-electron chi connectivity index (χ4n) is 6.81. The molecule has 0 unspecified atom stereocenters. The first kappa shape index (κ1) is 26.5. The average molecular weight is 618 g/mol. The van der Waals surface area contributed by atoms with Crippen LogP contribution in [-0.4, -0.2) is 24.9 Å². The van der Waals surface area contributed by atoms with E-state index in [1.807, 2.05) is 85.2 Å². The summed E-state index contributed by atoms with van der Waals surface area (Å²) in [7, 11) is 0. The van der Waals surface area contributed by atoms with Gasteiger partial charge in [0.25, 0.3) is 0 Å². The van der Waals surface area contributed by atoms with Crippen LogP contribution >= 0.6 is 0 Å². The fraction of sp³-hybridized carbons (Fsp3) is 0. The lowest BCUT2D eigenvalue weighted by atomic mass is 9.92. The average Bonchev–Trinajstić information content (AvgIpc) is 3.73. The van der Waals surface area contributed by atoms with Crippen molar-refractivity contribution in [3.63, 3.8) is 0 Å². The molecule has 0 aliphatic carbocycles. The lowest BCUT2D eigenvalue weighted by Crippen LogP contribution is -2.01. The lowest BCUT2D eigenvalue weighted by Gasteiger charge is -2.14. The Labute approximate surface area is 273 Å². The lowest BCUT2D eigenvalue weighted by molar-refractivity contribution is 0.668. The second kappa shape index (κ2) is 10.4. The molecule has 10 aromatic rings. The molecule has 224 valence electrons. The molecule has 7 nitrogen and oxygen atoms in total. The second-order valence-electron chi connectivity index (χ2n) is 11.7. The van der Waals surface area contributed by atoms with E-state index >= 15 is 0 Å². The Bertz CT molecular complexity index is 2860. The molecule has 7 heteroatoms. The van der Waals surface area contributed by atoms with Crippen molar-refractivity contribution in [1.29, 1.82) is 0 Å². The van der Waals surface area contributed by atoms with Gasteiger partial charge >= 0.3 is 0 Å². The van der Waals surface area contributed by atoms with Crippen molar-refractivity contribution in [2.24, 2.45) is 0 Å². The minimum atomic E-state index is 0.561. The molecule has 0 atom stereocenters. The van der Waals surface area contributed by atoms with E-state index in [1.54, 1.807) is 12.4 Å². The van der Waals surface area contributed by atoms with Crippen LogP contribution in [0, 0.1) is 0 Å². The third-order valence-corrected chi connectivity index (χ3v) is 8.96. The molecule has 0 amide bonds. The van der Waals surface area contributed by atoms with Crippen LogP contribution in [0.2, 0.25) is 0 Å². The van der Waals surface area contributed by atoms with E-state index in [0.29, 0.717) is 17.5 Å². The summed E-state index contributed by atoms with van der Waals surface area (Å²) >= 11 is 0. The predicted molar refractivity (Wildman–Crippen MR) is 189 cm³/mol. The van der Waals surface area contributed by atoms with Crippen LogP contribution in [-0.2, 0) is 0 Å². The van der Waals surface area contributed by atoms with Crippen LogP contribution in [0.15, 0.2) is 149 Å². The number of furan rings is 2. The first-order valence-corrected chi connectivity index (χ1v) is 15.6. The smallest absolute Gasteiger partial charge is 0.164 e. The molecule has 5 aromatic heterocycles. The molecule has 10 rings (SSSR count). The van der Waals surface area contributed by atoms with Gasteiger partial charge in [0.1, 0.15) is 22.3 Å². The van der Waals surface area contributed by atoms with Gasteiger partial charge < -0.3 is 8.83 Å². The molecule has 5 heterocycles. The summed E-state index contributed by atoms with van der Waals surface area (Å²) in [6.45, 7) is 0.